The van der Waals surface area contributed by atoms with E-state index in [0.29, 0.717) is 5.02 Å². The predicted molar refractivity (Wildman–Crippen MR) is 65.7 cm³/mol. The SMILES string of the molecule is CS(=O)(=O)N1C[C@H](C(=O)O)Oc2ccc(Cl)cc21. The molecular weight excluding hydrogens is 282 g/mol. The Morgan fingerprint density at radius 1 is 1.56 bits per heavy atom. The Labute approximate surface area is 109 Å². The second-order valence-electron chi connectivity index (χ2n) is 3.85. The molecule has 6 nitrogen and oxygen atoms in total. The Morgan fingerprint density at radius 3 is 2.78 bits per heavy atom. The molecule has 0 amide bonds. The number of carboxylic acid groups (broad SMARTS) is 1. The predicted octanol–water partition coefficient (Wildman–Crippen LogP) is 0.952. The van der Waals surface area contributed by atoms with E-state index in [1.54, 1.807) is 0 Å². The van der Waals surface area contributed by atoms with E-state index >= 15 is 0 Å². The van der Waals surface area contributed by atoms with Crippen LogP contribution >= 0.6 is 11.6 Å². The summed E-state index contributed by atoms with van der Waals surface area (Å²) in [6.45, 7) is -0.276. The van der Waals surface area contributed by atoms with Crippen LogP contribution < -0.4 is 9.04 Å². The highest BCUT2D eigenvalue weighted by molar-refractivity contribution is 7.92. The fourth-order valence-corrected chi connectivity index (χ4v) is 2.74. The summed E-state index contributed by atoms with van der Waals surface area (Å²) >= 11 is 5.80. The summed E-state index contributed by atoms with van der Waals surface area (Å²) in [6.07, 6.45) is -0.226. The minimum absolute atomic E-state index is 0.184. The zero-order valence-electron chi connectivity index (χ0n) is 9.33. The van der Waals surface area contributed by atoms with E-state index in [4.69, 9.17) is 21.4 Å². The van der Waals surface area contributed by atoms with Gasteiger partial charge in [-0.05, 0) is 18.2 Å². The largest absolute Gasteiger partial charge is 0.478 e. The quantitative estimate of drug-likeness (QED) is 0.877. The van der Waals surface area contributed by atoms with Gasteiger partial charge in [-0.3, -0.25) is 4.31 Å². The number of benzene rings is 1. The number of carboxylic acids is 1. The molecule has 1 heterocycles. The smallest absolute Gasteiger partial charge is 0.346 e. The second kappa shape index (κ2) is 4.33. The summed E-state index contributed by atoms with van der Waals surface area (Å²) in [5.74, 6) is -1.03. The molecule has 98 valence electrons. The van der Waals surface area contributed by atoms with Crippen molar-refractivity contribution < 1.29 is 23.1 Å². The first-order valence-electron chi connectivity index (χ1n) is 4.96. The number of halogens is 1. The maximum Gasteiger partial charge on any atom is 0.346 e. The van der Waals surface area contributed by atoms with Crippen LogP contribution in [0.15, 0.2) is 18.2 Å². The summed E-state index contributed by atoms with van der Waals surface area (Å²) in [6, 6.07) is 4.38. The Kier molecular flexibility index (Phi) is 3.12. The van der Waals surface area contributed by atoms with Crippen molar-refractivity contribution in [3.8, 4) is 5.75 Å². The van der Waals surface area contributed by atoms with Crippen LogP contribution in [0.5, 0.6) is 5.75 Å². The van der Waals surface area contributed by atoms with Gasteiger partial charge in [0.2, 0.25) is 16.1 Å². The maximum absolute atomic E-state index is 11.7. The number of aliphatic carboxylic acids is 1. The van der Waals surface area contributed by atoms with Crippen molar-refractivity contribution in [3.63, 3.8) is 0 Å². The molecule has 0 aromatic heterocycles. The number of hydrogen-bond acceptors (Lipinski definition) is 4. The Hall–Kier alpha value is -1.47. The molecule has 0 spiro atoms. The van der Waals surface area contributed by atoms with E-state index in [2.05, 4.69) is 0 Å². The monoisotopic (exact) mass is 291 g/mol. The molecule has 0 aliphatic carbocycles. The molecule has 1 aliphatic heterocycles. The molecule has 18 heavy (non-hydrogen) atoms. The van der Waals surface area contributed by atoms with Gasteiger partial charge in [0.05, 0.1) is 18.5 Å². The average Bonchev–Trinajstić information content (AvgIpc) is 2.26. The van der Waals surface area contributed by atoms with Gasteiger partial charge in [0, 0.05) is 5.02 Å². The van der Waals surface area contributed by atoms with Crippen molar-refractivity contribution in [2.75, 3.05) is 17.1 Å². The number of ether oxygens (including phenoxy) is 1. The van der Waals surface area contributed by atoms with Crippen LogP contribution in [0.2, 0.25) is 5.02 Å². The molecule has 0 saturated carbocycles. The van der Waals surface area contributed by atoms with E-state index < -0.39 is 22.1 Å². The number of rotatable bonds is 2. The van der Waals surface area contributed by atoms with Crippen LogP contribution in [0.4, 0.5) is 5.69 Å². The van der Waals surface area contributed by atoms with Crippen LogP contribution in [0.1, 0.15) is 0 Å². The molecule has 1 aliphatic rings. The van der Waals surface area contributed by atoms with Gasteiger partial charge in [-0.1, -0.05) is 11.6 Å². The van der Waals surface area contributed by atoms with E-state index in [9.17, 15) is 13.2 Å². The summed E-state index contributed by atoms with van der Waals surface area (Å²) < 4.78 is 29.5. The molecule has 8 heteroatoms. The minimum Gasteiger partial charge on any atom is -0.478 e. The van der Waals surface area contributed by atoms with Crippen LogP contribution in [-0.2, 0) is 14.8 Å². The first kappa shape index (κ1) is 13.0. The summed E-state index contributed by atoms with van der Waals surface area (Å²) in [7, 11) is -3.59. The van der Waals surface area contributed by atoms with Gasteiger partial charge in [0.15, 0.2) is 0 Å². The van der Waals surface area contributed by atoms with Gasteiger partial charge in [0.25, 0.3) is 0 Å². The number of nitrogens with zero attached hydrogens (tertiary/aromatic N) is 1. The molecule has 0 unspecified atom stereocenters. The minimum atomic E-state index is -3.59. The van der Waals surface area contributed by atoms with Crippen molar-refractivity contribution in [1.82, 2.24) is 0 Å². The molecule has 1 N–H and O–H groups in total. The van der Waals surface area contributed by atoms with Crippen molar-refractivity contribution in [1.29, 1.82) is 0 Å². The lowest BCUT2D eigenvalue weighted by Gasteiger charge is -2.32. The van der Waals surface area contributed by atoms with Crippen molar-refractivity contribution >= 4 is 33.3 Å². The van der Waals surface area contributed by atoms with E-state index in [-0.39, 0.29) is 18.0 Å². The average molecular weight is 292 g/mol. The normalized spacial score (nSPS) is 19.0. The van der Waals surface area contributed by atoms with E-state index in [1.807, 2.05) is 0 Å². The Morgan fingerprint density at radius 2 is 2.22 bits per heavy atom. The van der Waals surface area contributed by atoms with Gasteiger partial charge in [-0.2, -0.15) is 0 Å². The lowest BCUT2D eigenvalue weighted by atomic mass is 10.2. The number of carbonyl (C=O) groups is 1. The van der Waals surface area contributed by atoms with E-state index in [1.165, 1.54) is 18.2 Å². The third-order valence-corrected chi connectivity index (χ3v) is 3.85. The summed E-state index contributed by atoms with van der Waals surface area (Å²) in [5.41, 5.74) is 0.252. The first-order valence-corrected chi connectivity index (χ1v) is 7.18. The number of anilines is 1. The fraction of sp³-hybridized carbons (Fsp3) is 0.300. The van der Waals surface area contributed by atoms with Gasteiger partial charge in [-0.15, -0.1) is 0 Å². The molecule has 1 aromatic rings. The second-order valence-corrected chi connectivity index (χ2v) is 6.19. The third kappa shape index (κ3) is 2.37. The van der Waals surface area contributed by atoms with Gasteiger partial charge in [-0.25, -0.2) is 13.2 Å². The zero-order chi connectivity index (χ0) is 13.5. The molecule has 2 rings (SSSR count). The zero-order valence-corrected chi connectivity index (χ0v) is 10.9. The van der Waals surface area contributed by atoms with Gasteiger partial charge < -0.3 is 9.84 Å². The van der Waals surface area contributed by atoms with Gasteiger partial charge in [0.1, 0.15) is 5.75 Å². The Bertz CT molecular complexity index is 600. The van der Waals surface area contributed by atoms with Crippen LogP contribution in [0, 0.1) is 0 Å². The number of sulfonamides is 1. The molecular formula is C10H10ClNO5S. The van der Waals surface area contributed by atoms with E-state index in [0.717, 1.165) is 10.6 Å². The molecule has 0 radical (unpaired) electrons. The van der Waals surface area contributed by atoms with Crippen molar-refractivity contribution in [2.24, 2.45) is 0 Å². The summed E-state index contributed by atoms with van der Waals surface area (Å²) in [4.78, 5) is 10.9. The number of hydrogen-bond donors (Lipinski definition) is 1. The summed E-state index contributed by atoms with van der Waals surface area (Å²) in [5, 5.41) is 9.28. The number of fused-ring (bicyclic) bond motifs is 1. The van der Waals surface area contributed by atoms with Gasteiger partial charge >= 0.3 is 5.97 Å². The van der Waals surface area contributed by atoms with Crippen molar-refractivity contribution in [3.05, 3.63) is 23.2 Å². The Balaban J connectivity index is 2.54. The fourth-order valence-electron chi connectivity index (χ4n) is 1.67. The molecule has 0 bridgehead atoms. The lowest BCUT2D eigenvalue weighted by molar-refractivity contribution is -0.144. The van der Waals surface area contributed by atoms with Crippen molar-refractivity contribution in [2.45, 2.75) is 6.10 Å². The molecule has 1 aromatic carbocycles. The first-order chi connectivity index (χ1) is 8.29. The molecule has 1 atom stereocenters. The molecule has 0 saturated heterocycles. The van der Waals surface area contributed by atoms with Crippen LogP contribution in [-0.4, -0.2) is 38.4 Å². The maximum atomic E-state index is 11.7. The topological polar surface area (TPSA) is 83.9 Å². The third-order valence-electron chi connectivity index (χ3n) is 2.47. The van der Waals surface area contributed by atoms with Crippen LogP contribution in [0.25, 0.3) is 0 Å². The standard InChI is InChI=1S/C10H10ClNO5S/c1-18(15,16)12-5-9(10(13)14)17-8-3-2-6(11)4-7(8)12/h2-4,9H,5H2,1H3,(H,13,14)/t9-/m1/s1. The highest BCUT2D eigenvalue weighted by Crippen LogP contribution is 2.36. The highest BCUT2D eigenvalue weighted by Gasteiger charge is 2.34. The highest BCUT2D eigenvalue weighted by atomic mass is 35.5. The molecule has 0 fully saturated rings. The lowest BCUT2D eigenvalue weighted by Crippen LogP contribution is -2.46. The van der Waals surface area contributed by atoms with Crippen LogP contribution in [0.3, 0.4) is 0 Å².